The summed E-state index contributed by atoms with van der Waals surface area (Å²) in [5.74, 6) is -1.48. The first-order valence-corrected chi connectivity index (χ1v) is 9.96. The molecule has 0 fully saturated rings. The summed E-state index contributed by atoms with van der Waals surface area (Å²) in [5.41, 5.74) is 2.62. The van der Waals surface area contributed by atoms with Crippen LogP contribution >= 0.6 is 15.9 Å². The lowest BCUT2D eigenvalue weighted by Crippen LogP contribution is -2.25. The molecule has 3 aromatic carbocycles. The van der Waals surface area contributed by atoms with E-state index in [-0.39, 0.29) is 22.6 Å². The predicted molar refractivity (Wildman–Crippen MR) is 119 cm³/mol. The Morgan fingerprint density at radius 3 is 2.53 bits per heavy atom. The molecule has 0 aliphatic rings. The number of hydrazone groups is 1. The number of aliphatic hydroxyl groups excluding tert-OH is 1. The van der Waals surface area contributed by atoms with Gasteiger partial charge in [0.25, 0.3) is 11.6 Å². The quantitative estimate of drug-likeness (QED) is 0.168. The molecule has 0 radical (unpaired) electrons. The molecule has 0 bridgehead atoms. The standard InChI is InChI=1S/C22H16BrN3O6/c23-17-8-4-7-15(11-17)22(29)32-19-10-9-18(26(30)31)12-16(19)13-24-25-21(28)20(27)14-5-2-1-3-6-14/h1-13,20,27H,(H,25,28)/b24-13-/t20-/m0/s1. The molecule has 0 aliphatic heterocycles. The van der Waals surface area contributed by atoms with Crippen molar-refractivity contribution in [2.24, 2.45) is 5.10 Å². The number of rotatable bonds is 7. The van der Waals surface area contributed by atoms with Gasteiger partial charge in [-0.2, -0.15) is 5.10 Å². The van der Waals surface area contributed by atoms with Crippen LogP contribution in [0.4, 0.5) is 5.69 Å². The van der Waals surface area contributed by atoms with Crippen LogP contribution in [-0.2, 0) is 4.79 Å². The van der Waals surface area contributed by atoms with Gasteiger partial charge in [-0.05, 0) is 29.8 Å². The number of carbonyl (C=O) groups excluding carboxylic acids is 2. The number of carbonyl (C=O) groups is 2. The zero-order valence-corrected chi connectivity index (χ0v) is 17.9. The number of hydrogen-bond acceptors (Lipinski definition) is 7. The molecule has 0 aromatic heterocycles. The number of non-ortho nitro benzene ring substituents is 1. The van der Waals surface area contributed by atoms with Crippen LogP contribution in [0.25, 0.3) is 0 Å². The highest BCUT2D eigenvalue weighted by atomic mass is 79.9. The number of esters is 1. The molecule has 0 unspecified atom stereocenters. The van der Waals surface area contributed by atoms with E-state index in [2.05, 4.69) is 26.5 Å². The Labute approximate surface area is 190 Å². The van der Waals surface area contributed by atoms with Crippen molar-refractivity contribution >= 4 is 39.7 Å². The second-order valence-electron chi connectivity index (χ2n) is 6.43. The topological polar surface area (TPSA) is 131 Å². The maximum Gasteiger partial charge on any atom is 0.343 e. The summed E-state index contributed by atoms with van der Waals surface area (Å²) >= 11 is 3.27. The van der Waals surface area contributed by atoms with E-state index in [9.17, 15) is 24.8 Å². The molecule has 0 heterocycles. The fraction of sp³-hybridized carbons (Fsp3) is 0.0455. The number of benzene rings is 3. The molecular weight excluding hydrogens is 482 g/mol. The largest absolute Gasteiger partial charge is 0.422 e. The van der Waals surface area contributed by atoms with Gasteiger partial charge < -0.3 is 9.84 Å². The monoisotopic (exact) mass is 497 g/mol. The van der Waals surface area contributed by atoms with Gasteiger partial charge in [0.05, 0.1) is 16.7 Å². The summed E-state index contributed by atoms with van der Waals surface area (Å²) < 4.78 is 6.04. The molecule has 162 valence electrons. The van der Waals surface area contributed by atoms with Crippen molar-refractivity contribution in [3.05, 3.63) is 104 Å². The Kier molecular flexibility index (Phi) is 7.42. The van der Waals surface area contributed by atoms with E-state index >= 15 is 0 Å². The Hall–Kier alpha value is -3.89. The minimum absolute atomic E-state index is 0.00202. The zero-order valence-electron chi connectivity index (χ0n) is 16.3. The van der Waals surface area contributed by atoms with Crippen molar-refractivity contribution in [2.45, 2.75) is 6.10 Å². The molecule has 2 N–H and O–H groups in total. The molecule has 0 spiro atoms. The third-order valence-corrected chi connectivity index (χ3v) is 4.70. The normalized spacial score (nSPS) is 11.7. The summed E-state index contributed by atoms with van der Waals surface area (Å²) in [5, 5.41) is 24.9. The Bertz CT molecular complexity index is 1180. The van der Waals surface area contributed by atoms with Gasteiger partial charge in [-0.3, -0.25) is 14.9 Å². The van der Waals surface area contributed by atoms with Crippen LogP contribution in [0.15, 0.2) is 82.4 Å². The summed E-state index contributed by atoms with van der Waals surface area (Å²) in [6.45, 7) is 0. The highest BCUT2D eigenvalue weighted by Gasteiger charge is 2.17. The van der Waals surface area contributed by atoms with Gasteiger partial charge in [-0.25, -0.2) is 10.2 Å². The van der Waals surface area contributed by atoms with E-state index in [1.807, 2.05) is 0 Å². The number of amides is 1. The van der Waals surface area contributed by atoms with Crippen LogP contribution in [0, 0.1) is 10.1 Å². The third kappa shape index (κ3) is 5.84. The molecule has 9 nitrogen and oxygen atoms in total. The molecule has 3 rings (SSSR count). The van der Waals surface area contributed by atoms with Crippen molar-refractivity contribution in [3.8, 4) is 5.75 Å². The van der Waals surface area contributed by atoms with E-state index in [0.29, 0.717) is 10.0 Å². The fourth-order valence-corrected chi connectivity index (χ4v) is 3.03. The van der Waals surface area contributed by atoms with Crippen LogP contribution in [-0.4, -0.2) is 28.1 Å². The maximum absolute atomic E-state index is 12.4. The number of ether oxygens (including phenoxy) is 1. The molecule has 3 aromatic rings. The van der Waals surface area contributed by atoms with Crippen LogP contribution in [0.3, 0.4) is 0 Å². The first-order valence-electron chi connectivity index (χ1n) is 9.17. The van der Waals surface area contributed by atoms with Gasteiger partial charge in [-0.1, -0.05) is 52.3 Å². The maximum atomic E-state index is 12.4. The lowest BCUT2D eigenvalue weighted by Gasteiger charge is -2.09. The average molecular weight is 498 g/mol. The van der Waals surface area contributed by atoms with Crippen LogP contribution in [0.5, 0.6) is 5.75 Å². The molecule has 0 aliphatic carbocycles. The molecule has 1 amide bonds. The van der Waals surface area contributed by atoms with Crippen molar-refractivity contribution < 1.29 is 24.4 Å². The van der Waals surface area contributed by atoms with Crippen LogP contribution in [0.2, 0.25) is 0 Å². The van der Waals surface area contributed by atoms with Gasteiger partial charge in [0, 0.05) is 22.2 Å². The molecule has 0 saturated heterocycles. The predicted octanol–water partition coefficient (Wildman–Crippen LogP) is 3.76. The lowest BCUT2D eigenvalue weighted by molar-refractivity contribution is -0.384. The SMILES string of the molecule is O=C(Oc1ccc([N+](=O)[O-])cc1/C=N\NC(=O)[C@@H](O)c1ccccc1)c1cccc(Br)c1. The van der Waals surface area contributed by atoms with Gasteiger partial charge in [0.15, 0.2) is 6.10 Å². The minimum Gasteiger partial charge on any atom is -0.422 e. The zero-order chi connectivity index (χ0) is 23.1. The average Bonchev–Trinajstić information content (AvgIpc) is 2.79. The number of aliphatic hydroxyl groups is 1. The first-order chi connectivity index (χ1) is 15.3. The molecule has 1 atom stereocenters. The van der Waals surface area contributed by atoms with E-state index < -0.39 is 22.9 Å². The Morgan fingerprint density at radius 1 is 1.09 bits per heavy atom. The minimum atomic E-state index is -1.45. The smallest absolute Gasteiger partial charge is 0.343 e. The first kappa shape index (κ1) is 22.8. The van der Waals surface area contributed by atoms with E-state index in [0.717, 1.165) is 12.3 Å². The molecular formula is C22H16BrN3O6. The molecule has 10 heteroatoms. The summed E-state index contributed by atoms with van der Waals surface area (Å²) in [7, 11) is 0. The van der Waals surface area contributed by atoms with Crippen LogP contribution < -0.4 is 10.2 Å². The summed E-state index contributed by atoms with van der Waals surface area (Å²) in [6.07, 6.45) is -0.362. The number of hydrogen-bond donors (Lipinski definition) is 2. The van der Waals surface area contributed by atoms with Gasteiger partial charge in [0.1, 0.15) is 5.75 Å². The fourth-order valence-electron chi connectivity index (χ4n) is 2.63. The van der Waals surface area contributed by atoms with Crippen molar-refractivity contribution in [3.63, 3.8) is 0 Å². The number of nitro groups is 1. The van der Waals surface area contributed by atoms with E-state index in [1.54, 1.807) is 54.6 Å². The lowest BCUT2D eigenvalue weighted by atomic mass is 10.1. The summed E-state index contributed by atoms with van der Waals surface area (Å²) in [4.78, 5) is 35.1. The highest BCUT2D eigenvalue weighted by Crippen LogP contribution is 2.24. The van der Waals surface area contributed by atoms with Crippen molar-refractivity contribution in [1.29, 1.82) is 0 Å². The van der Waals surface area contributed by atoms with Gasteiger partial charge >= 0.3 is 5.97 Å². The molecule has 32 heavy (non-hydrogen) atoms. The Morgan fingerprint density at radius 2 is 1.84 bits per heavy atom. The van der Waals surface area contributed by atoms with E-state index in [1.165, 1.54) is 12.1 Å². The second kappa shape index (κ2) is 10.4. The van der Waals surface area contributed by atoms with Crippen molar-refractivity contribution in [1.82, 2.24) is 5.43 Å². The number of nitro benzene ring substituents is 1. The Balaban J connectivity index is 1.79. The number of nitrogens with one attached hydrogen (secondary N) is 1. The molecule has 0 saturated carbocycles. The summed E-state index contributed by atoms with van der Waals surface area (Å²) in [6, 6.07) is 18.3. The highest BCUT2D eigenvalue weighted by molar-refractivity contribution is 9.10. The number of nitrogens with zero attached hydrogens (tertiary/aromatic N) is 2. The van der Waals surface area contributed by atoms with Crippen molar-refractivity contribution in [2.75, 3.05) is 0 Å². The van der Waals surface area contributed by atoms with Crippen LogP contribution in [0.1, 0.15) is 27.6 Å². The third-order valence-electron chi connectivity index (χ3n) is 4.21. The second-order valence-corrected chi connectivity index (χ2v) is 7.34. The number of halogens is 1. The van der Waals surface area contributed by atoms with Gasteiger partial charge in [0.2, 0.25) is 0 Å². The van der Waals surface area contributed by atoms with Gasteiger partial charge in [-0.15, -0.1) is 0 Å². The van der Waals surface area contributed by atoms with E-state index in [4.69, 9.17) is 4.74 Å².